The van der Waals surface area contributed by atoms with Crippen molar-refractivity contribution in [2.24, 2.45) is 21.6 Å². The topological polar surface area (TPSA) is 141 Å². The van der Waals surface area contributed by atoms with Crippen molar-refractivity contribution in [1.29, 1.82) is 0 Å². The Kier molecular flexibility index (Phi) is 9.81. The van der Waals surface area contributed by atoms with E-state index in [1.807, 2.05) is 20.8 Å². The van der Waals surface area contributed by atoms with Crippen LogP contribution in [-0.4, -0.2) is 60.3 Å². The maximum Gasteiger partial charge on any atom is 0.395 e. The predicted molar refractivity (Wildman–Crippen MR) is 184 cm³/mol. The lowest BCUT2D eigenvalue weighted by molar-refractivity contribution is -0.195. The highest BCUT2D eigenvalue weighted by Gasteiger charge is 2.64. The van der Waals surface area contributed by atoms with Crippen LogP contribution in [0.4, 0.5) is 22.0 Å². The number of carbonyl (C=O) groups is 2. The Labute approximate surface area is 306 Å². The quantitative estimate of drug-likeness (QED) is 0.122. The number of nitrogens with two attached hydrogens (primary N) is 1. The standard InChI is InChI=1S/C36H36ClF5N8O3/c1-20-44-15-23(16-45-20)21-5-8-24(9-6-21)35(18-33(2,3)4)30(52)49(32(43)48-35)27(17-53-28(51)14-34(11-12-34)36(40,41)42)22-7-10-26(37)25(13-22)29-46-19-47-50(29)31(38)39/h5-10,13,15-16,19,27,31H,11-12,14,17-18H2,1-4H3,(H2,43,48)/t27-,35-/m1/s1. The minimum Gasteiger partial charge on any atom is -0.463 e. The van der Waals surface area contributed by atoms with Gasteiger partial charge in [0, 0.05) is 23.5 Å². The molecule has 0 unspecified atom stereocenters. The van der Waals surface area contributed by atoms with Crippen LogP contribution >= 0.6 is 11.6 Å². The highest BCUT2D eigenvalue weighted by Crippen LogP contribution is 2.60. The number of hydrogen-bond acceptors (Lipinski definition) is 9. The lowest BCUT2D eigenvalue weighted by atomic mass is 9.75. The van der Waals surface area contributed by atoms with E-state index in [4.69, 9.17) is 27.1 Å². The zero-order chi connectivity index (χ0) is 38.5. The van der Waals surface area contributed by atoms with Gasteiger partial charge in [-0.1, -0.05) is 62.7 Å². The van der Waals surface area contributed by atoms with Gasteiger partial charge in [0.2, 0.25) is 0 Å². The van der Waals surface area contributed by atoms with E-state index < -0.39 is 60.0 Å². The fourth-order valence-corrected chi connectivity index (χ4v) is 6.79. The van der Waals surface area contributed by atoms with Crippen LogP contribution in [0.5, 0.6) is 0 Å². The van der Waals surface area contributed by atoms with Crippen LogP contribution in [0, 0.1) is 17.8 Å². The molecule has 2 atom stereocenters. The molecule has 11 nitrogen and oxygen atoms in total. The molecule has 1 amide bonds. The molecule has 17 heteroatoms. The largest absolute Gasteiger partial charge is 0.463 e. The molecule has 1 aliphatic heterocycles. The summed E-state index contributed by atoms with van der Waals surface area (Å²) in [6.07, 6.45) is -1.49. The SMILES string of the molecule is Cc1ncc(-c2ccc([C@@]3(CC(C)(C)C)N=C(N)N([C@H](COC(=O)CC4(C(F)(F)F)CC4)c4ccc(Cl)c(-c5ncnn5C(F)F)c4)C3=O)cc2)cn1. The summed E-state index contributed by atoms with van der Waals surface area (Å²) >= 11 is 6.44. The number of amides is 1. The second kappa shape index (κ2) is 13.8. The number of hydrogen-bond donors (Lipinski definition) is 1. The van der Waals surface area contributed by atoms with Crippen LogP contribution in [0.2, 0.25) is 5.02 Å². The van der Waals surface area contributed by atoms with E-state index >= 15 is 0 Å². The number of esters is 1. The first-order valence-corrected chi connectivity index (χ1v) is 17.0. The number of guanidine groups is 1. The molecule has 1 saturated carbocycles. The summed E-state index contributed by atoms with van der Waals surface area (Å²) in [5, 5.41) is 3.58. The highest BCUT2D eigenvalue weighted by molar-refractivity contribution is 6.33. The molecule has 53 heavy (non-hydrogen) atoms. The van der Waals surface area contributed by atoms with Crippen LogP contribution in [0.3, 0.4) is 0 Å². The van der Waals surface area contributed by atoms with Crippen molar-refractivity contribution in [2.75, 3.05) is 6.61 Å². The summed E-state index contributed by atoms with van der Waals surface area (Å²) in [5.41, 5.74) is 4.56. The Morgan fingerprint density at radius 2 is 1.68 bits per heavy atom. The normalized spacial score (nSPS) is 19.0. The molecule has 4 aromatic rings. The zero-order valence-electron chi connectivity index (χ0n) is 29.2. The van der Waals surface area contributed by atoms with Crippen molar-refractivity contribution in [3.05, 3.63) is 83.2 Å². The first kappa shape index (κ1) is 37.8. The third kappa shape index (κ3) is 7.46. The molecular formula is C36H36ClF5N8O3. The number of carbonyl (C=O) groups excluding carboxylic acids is 2. The van der Waals surface area contributed by atoms with Gasteiger partial charge >= 0.3 is 18.7 Å². The summed E-state index contributed by atoms with van der Waals surface area (Å²) in [7, 11) is 0. The Morgan fingerprint density at radius 1 is 1.02 bits per heavy atom. The molecule has 2 aliphatic rings. The number of benzene rings is 2. The van der Waals surface area contributed by atoms with Crippen LogP contribution in [0.1, 0.15) is 76.0 Å². The molecule has 0 radical (unpaired) electrons. The van der Waals surface area contributed by atoms with Gasteiger partial charge in [0.1, 0.15) is 18.8 Å². The van der Waals surface area contributed by atoms with Crippen molar-refractivity contribution in [3.63, 3.8) is 0 Å². The van der Waals surface area contributed by atoms with Gasteiger partial charge in [-0.05, 0) is 60.4 Å². The molecule has 2 N–H and O–H groups in total. The number of halogens is 6. The van der Waals surface area contributed by atoms with E-state index in [1.54, 1.807) is 43.6 Å². The second-order valence-corrected chi connectivity index (χ2v) is 14.9. The van der Waals surface area contributed by atoms with Crippen LogP contribution in [0.25, 0.3) is 22.5 Å². The van der Waals surface area contributed by atoms with E-state index in [2.05, 4.69) is 20.1 Å². The van der Waals surface area contributed by atoms with E-state index in [-0.39, 0.29) is 47.2 Å². The summed E-state index contributed by atoms with van der Waals surface area (Å²) in [6, 6.07) is 10.0. The van der Waals surface area contributed by atoms with E-state index in [1.165, 1.54) is 18.2 Å². The smallest absolute Gasteiger partial charge is 0.395 e. The van der Waals surface area contributed by atoms with Crippen molar-refractivity contribution < 1.29 is 36.3 Å². The molecular weight excluding hydrogens is 723 g/mol. The molecule has 0 saturated heterocycles. The molecule has 280 valence electrons. The summed E-state index contributed by atoms with van der Waals surface area (Å²) < 4.78 is 74.6. The minimum absolute atomic E-state index is 0.00563. The number of aryl methyl sites for hydroxylation is 1. The monoisotopic (exact) mass is 758 g/mol. The van der Waals surface area contributed by atoms with Gasteiger partial charge < -0.3 is 10.5 Å². The van der Waals surface area contributed by atoms with Crippen LogP contribution in [0.15, 0.2) is 66.2 Å². The number of rotatable bonds is 11. The average Bonchev–Trinajstić information content (AvgIpc) is 3.63. The lowest BCUT2D eigenvalue weighted by Crippen LogP contribution is -2.47. The third-order valence-corrected chi connectivity index (χ3v) is 9.74. The first-order chi connectivity index (χ1) is 24.8. The Balaban J connectivity index is 1.41. The van der Waals surface area contributed by atoms with E-state index in [9.17, 15) is 31.5 Å². The Morgan fingerprint density at radius 3 is 2.26 bits per heavy atom. The maximum absolute atomic E-state index is 14.9. The van der Waals surface area contributed by atoms with Crippen LogP contribution in [-0.2, 0) is 19.9 Å². The third-order valence-electron chi connectivity index (χ3n) is 9.41. The molecule has 0 bridgehead atoms. The minimum atomic E-state index is -4.60. The zero-order valence-corrected chi connectivity index (χ0v) is 29.9. The van der Waals surface area contributed by atoms with Crippen molar-refractivity contribution in [2.45, 2.75) is 77.7 Å². The van der Waals surface area contributed by atoms with Gasteiger partial charge in [-0.2, -0.15) is 31.7 Å². The van der Waals surface area contributed by atoms with Crippen molar-refractivity contribution >= 4 is 29.4 Å². The number of ether oxygens (including phenoxy) is 1. The Hall–Kier alpha value is -4.99. The number of aliphatic imine (C=N–C) groups is 1. The molecule has 1 aliphatic carbocycles. The van der Waals surface area contributed by atoms with Gasteiger partial charge in [0.15, 0.2) is 17.3 Å². The van der Waals surface area contributed by atoms with Gasteiger partial charge in [-0.3, -0.25) is 14.5 Å². The molecule has 1 fully saturated rings. The predicted octanol–water partition coefficient (Wildman–Crippen LogP) is 7.56. The van der Waals surface area contributed by atoms with E-state index in [0.29, 0.717) is 16.1 Å². The second-order valence-electron chi connectivity index (χ2n) is 14.5. The molecule has 2 aromatic carbocycles. The van der Waals surface area contributed by atoms with Gasteiger partial charge in [0.05, 0.1) is 22.9 Å². The molecule has 0 spiro atoms. The summed E-state index contributed by atoms with van der Waals surface area (Å²) in [5.74, 6) is -1.67. The van der Waals surface area contributed by atoms with Crippen molar-refractivity contribution in [1.82, 2.24) is 29.6 Å². The fraction of sp³-hybridized carbons (Fsp3) is 0.417. The first-order valence-electron chi connectivity index (χ1n) is 16.6. The molecule has 6 rings (SSSR count). The summed E-state index contributed by atoms with van der Waals surface area (Å²) in [6.45, 7) is 3.82. The number of alkyl halides is 5. The summed E-state index contributed by atoms with van der Waals surface area (Å²) in [4.78, 5) is 46.2. The highest BCUT2D eigenvalue weighted by atomic mass is 35.5. The lowest BCUT2D eigenvalue weighted by Gasteiger charge is -2.35. The average molecular weight is 759 g/mol. The molecule has 3 heterocycles. The maximum atomic E-state index is 14.9. The number of aromatic nitrogens is 5. The van der Waals surface area contributed by atoms with Crippen LogP contribution < -0.4 is 5.73 Å². The number of nitrogens with zero attached hydrogens (tertiary/aromatic N) is 7. The van der Waals surface area contributed by atoms with E-state index in [0.717, 1.165) is 22.4 Å². The Bertz CT molecular complexity index is 2040. The van der Waals surface area contributed by atoms with Gasteiger partial charge in [0.25, 0.3) is 5.91 Å². The molecule has 2 aromatic heterocycles. The van der Waals surface area contributed by atoms with Gasteiger partial charge in [-0.15, -0.1) is 0 Å². The van der Waals surface area contributed by atoms with Crippen molar-refractivity contribution in [3.8, 4) is 22.5 Å². The van der Waals surface area contributed by atoms with Gasteiger partial charge in [-0.25, -0.2) is 19.9 Å². The fourth-order valence-electron chi connectivity index (χ4n) is 6.59.